The van der Waals surface area contributed by atoms with Crippen LogP contribution in [0.4, 0.5) is 0 Å². The number of allylic oxidation sites excluding steroid dienone is 3. The average Bonchev–Trinajstić information content (AvgIpc) is 1.89. The highest BCUT2D eigenvalue weighted by molar-refractivity contribution is 5.07. The Bertz CT molecular complexity index is 134. The summed E-state index contributed by atoms with van der Waals surface area (Å²) in [7, 11) is 1.92. The van der Waals surface area contributed by atoms with Gasteiger partial charge in [-0.1, -0.05) is 24.6 Å². The lowest BCUT2D eigenvalue weighted by atomic mass is 10.0. The molecule has 0 heterocycles. The molecule has 0 rings (SSSR count). The Morgan fingerprint density at radius 2 is 2.10 bits per heavy atom. The summed E-state index contributed by atoms with van der Waals surface area (Å²) in [6.07, 6.45) is 6.30. The van der Waals surface area contributed by atoms with Crippen molar-refractivity contribution in [3.8, 4) is 0 Å². The van der Waals surface area contributed by atoms with Crippen molar-refractivity contribution in [2.45, 2.75) is 20.8 Å². The van der Waals surface area contributed by atoms with E-state index >= 15 is 0 Å². The highest BCUT2D eigenvalue weighted by Gasteiger charge is 1.96. The van der Waals surface area contributed by atoms with E-state index in [4.69, 9.17) is 0 Å². The molecule has 0 saturated heterocycles. The topological polar surface area (TPSA) is 12.0 Å². The van der Waals surface area contributed by atoms with E-state index in [2.05, 4.69) is 31.3 Å². The van der Waals surface area contributed by atoms with Crippen LogP contribution in [0.25, 0.3) is 0 Å². The minimum absolute atomic E-state index is 0.553. The van der Waals surface area contributed by atoms with E-state index in [-0.39, 0.29) is 0 Å². The summed E-state index contributed by atoms with van der Waals surface area (Å²) >= 11 is 0. The second kappa shape index (κ2) is 5.10. The number of hydrogen-bond donors (Lipinski definition) is 1. The molecule has 58 valence electrons. The summed E-state index contributed by atoms with van der Waals surface area (Å²) in [4.78, 5) is 0. The SMILES string of the molecule is C/C=C\C(C)/C(C)=C/NC. The second-order valence-corrected chi connectivity index (χ2v) is 2.49. The summed E-state index contributed by atoms with van der Waals surface area (Å²) in [5.41, 5.74) is 1.36. The van der Waals surface area contributed by atoms with E-state index in [9.17, 15) is 0 Å². The predicted molar refractivity (Wildman–Crippen MR) is 46.8 cm³/mol. The van der Waals surface area contributed by atoms with Crippen LogP contribution < -0.4 is 5.32 Å². The summed E-state index contributed by atoms with van der Waals surface area (Å²) in [5.74, 6) is 0.553. The molecule has 0 radical (unpaired) electrons. The zero-order chi connectivity index (χ0) is 7.98. The van der Waals surface area contributed by atoms with Crippen LogP contribution in [-0.4, -0.2) is 7.05 Å². The van der Waals surface area contributed by atoms with Crippen LogP contribution >= 0.6 is 0 Å². The van der Waals surface area contributed by atoms with Crippen LogP contribution in [0.1, 0.15) is 20.8 Å². The standard InChI is InChI=1S/C9H17N/c1-5-6-8(2)9(3)7-10-4/h5-8,10H,1-4H3/b6-5-,9-7+. The number of rotatable bonds is 3. The Morgan fingerprint density at radius 1 is 1.50 bits per heavy atom. The van der Waals surface area contributed by atoms with Gasteiger partial charge in [-0.3, -0.25) is 0 Å². The van der Waals surface area contributed by atoms with Gasteiger partial charge in [-0.2, -0.15) is 0 Å². The Morgan fingerprint density at radius 3 is 2.50 bits per heavy atom. The minimum Gasteiger partial charge on any atom is -0.394 e. The Labute approximate surface area is 63.8 Å². The maximum Gasteiger partial charge on any atom is 0.00276 e. The molecule has 0 aromatic heterocycles. The molecule has 1 heteroatoms. The van der Waals surface area contributed by atoms with Crippen molar-refractivity contribution in [3.05, 3.63) is 23.9 Å². The minimum atomic E-state index is 0.553. The van der Waals surface area contributed by atoms with Gasteiger partial charge in [-0.25, -0.2) is 0 Å². The van der Waals surface area contributed by atoms with E-state index in [1.54, 1.807) is 0 Å². The largest absolute Gasteiger partial charge is 0.394 e. The lowest BCUT2D eigenvalue weighted by molar-refractivity contribution is 0.841. The van der Waals surface area contributed by atoms with Crippen molar-refractivity contribution in [1.29, 1.82) is 0 Å². The second-order valence-electron chi connectivity index (χ2n) is 2.49. The lowest BCUT2D eigenvalue weighted by Gasteiger charge is -2.05. The first-order chi connectivity index (χ1) is 4.72. The normalized spacial score (nSPS) is 15.8. The first-order valence-corrected chi connectivity index (χ1v) is 3.69. The zero-order valence-corrected chi connectivity index (χ0v) is 7.31. The molecule has 0 aliphatic rings. The fourth-order valence-corrected chi connectivity index (χ4v) is 0.800. The van der Waals surface area contributed by atoms with Crippen molar-refractivity contribution in [1.82, 2.24) is 5.32 Å². The maximum atomic E-state index is 3.01. The van der Waals surface area contributed by atoms with E-state index in [1.165, 1.54) is 5.57 Å². The van der Waals surface area contributed by atoms with E-state index < -0.39 is 0 Å². The van der Waals surface area contributed by atoms with Crippen molar-refractivity contribution >= 4 is 0 Å². The number of hydrogen-bond acceptors (Lipinski definition) is 1. The summed E-state index contributed by atoms with van der Waals surface area (Å²) in [5, 5.41) is 3.01. The first-order valence-electron chi connectivity index (χ1n) is 3.69. The van der Waals surface area contributed by atoms with Gasteiger partial charge in [0.1, 0.15) is 0 Å². The molecule has 0 aliphatic heterocycles. The molecule has 0 fully saturated rings. The molecule has 0 bridgehead atoms. The Balaban J connectivity index is 3.93. The molecule has 10 heavy (non-hydrogen) atoms. The quantitative estimate of drug-likeness (QED) is 0.592. The van der Waals surface area contributed by atoms with Crippen molar-refractivity contribution in [3.63, 3.8) is 0 Å². The van der Waals surface area contributed by atoms with Gasteiger partial charge in [-0.05, 0) is 26.0 Å². The van der Waals surface area contributed by atoms with Crippen LogP contribution in [0.2, 0.25) is 0 Å². The van der Waals surface area contributed by atoms with Gasteiger partial charge >= 0.3 is 0 Å². The van der Waals surface area contributed by atoms with Gasteiger partial charge in [0.25, 0.3) is 0 Å². The third-order valence-corrected chi connectivity index (χ3v) is 1.57. The molecule has 0 amide bonds. The lowest BCUT2D eigenvalue weighted by Crippen LogP contribution is -1.99. The molecule has 1 atom stereocenters. The van der Waals surface area contributed by atoms with Gasteiger partial charge in [0, 0.05) is 7.05 Å². The van der Waals surface area contributed by atoms with Crippen molar-refractivity contribution < 1.29 is 0 Å². The molecule has 0 aliphatic carbocycles. The third-order valence-electron chi connectivity index (χ3n) is 1.57. The summed E-state index contributed by atoms with van der Waals surface area (Å²) in [6, 6.07) is 0. The van der Waals surface area contributed by atoms with E-state index in [1.807, 2.05) is 20.2 Å². The molecule has 0 saturated carbocycles. The third kappa shape index (κ3) is 3.33. The van der Waals surface area contributed by atoms with Gasteiger partial charge in [0.15, 0.2) is 0 Å². The monoisotopic (exact) mass is 139 g/mol. The fourth-order valence-electron chi connectivity index (χ4n) is 0.800. The van der Waals surface area contributed by atoms with Crippen LogP contribution in [-0.2, 0) is 0 Å². The van der Waals surface area contributed by atoms with Gasteiger partial charge in [0.05, 0.1) is 0 Å². The molecule has 0 spiro atoms. The summed E-state index contributed by atoms with van der Waals surface area (Å²) < 4.78 is 0. The molecule has 1 N–H and O–H groups in total. The zero-order valence-electron chi connectivity index (χ0n) is 7.31. The van der Waals surface area contributed by atoms with Crippen LogP contribution in [0, 0.1) is 5.92 Å². The molecule has 1 nitrogen and oxygen atoms in total. The highest BCUT2D eigenvalue weighted by atomic mass is 14.8. The fraction of sp³-hybridized carbons (Fsp3) is 0.556. The van der Waals surface area contributed by atoms with Crippen LogP contribution in [0.15, 0.2) is 23.9 Å². The smallest absolute Gasteiger partial charge is 0.00276 e. The predicted octanol–water partition coefficient (Wildman–Crippen LogP) is 2.32. The van der Waals surface area contributed by atoms with Crippen LogP contribution in [0.3, 0.4) is 0 Å². The van der Waals surface area contributed by atoms with Gasteiger partial charge in [-0.15, -0.1) is 0 Å². The molecular formula is C9H17N. The highest BCUT2D eigenvalue weighted by Crippen LogP contribution is 2.09. The molecule has 0 aromatic carbocycles. The molecule has 0 aromatic rings. The van der Waals surface area contributed by atoms with Gasteiger partial charge < -0.3 is 5.32 Å². The van der Waals surface area contributed by atoms with E-state index in [0.717, 1.165) is 0 Å². The Kier molecular flexibility index (Phi) is 4.73. The Hall–Kier alpha value is -0.720. The molecular weight excluding hydrogens is 122 g/mol. The van der Waals surface area contributed by atoms with Gasteiger partial charge in [0.2, 0.25) is 0 Å². The van der Waals surface area contributed by atoms with Crippen molar-refractivity contribution in [2.24, 2.45) is 5.92 Å². The van der Waals surface area contributed by atoms with Crippen molar-refractivity contribution in [2.75, 3.05) is 7.05 Å². The van der Waals surface area contributed by atoms with E-state index in [0.29, 0.717) is 5.92 Å². The van der Waals surface area contributed by atoms with Crippen LogP contribution in [0.5, 0.6) is 0 Å². The molecule has 1 unspecified atom stereocenters. The number of nitrogens with one attached hydrogen (secondary N) is 1. The maximum absolute atomic E-state index is 3.01. The summed E-state index contributed by atoms with van der Waals surface area (Å²) in [6.45, 7) is 6.35. The first kappa shape index (κ1) is 9.28. The average molecular weight is 139 g/mol.